The van der Waals surface area contributed by atoms with Gasteiger partial charge >= 0.3 is 0 Å². The second kappa shape index (κ2) is 7.58. The zero-order chi connectivity index (χ0) is 17.9. The largest absolute Gasteiger partial charge is 0.351 e. The Morgan fingerprint density at radius 2 is 2.00 bits per heavy atom. The first-order valence-corrected chi connectivity index (χ1v) is 9.64. The molecule has 1 saturated carbocycles. The van der Waals surface area contributed by atoms with E-state index >= 15 is 0 Å². The van der Waals surface area contributed by atoms with E-state index in [1.807, 2.05) is 13.0 Å². The fraction of sp³-hybridized carbons (Fsp3) is 0.550. The third-order valence-corrected chi connectivity index (χ3v) is 5.64. The minimum absolute atomic E-state index is 0.0713. The van der Waals surface area contributed by atoms with Crippen molar-refractivity contribution in [3.05, 3.63) is 47.5 Å². The summed E-state index contributed by atoms with van der Waals surface area (Å²) in [5, 5.41) is 10.6. The second-order valence-electron chi connectivity index (χ2n) is 7.66. The SMILES string of the molecule is Cc1nc([C@@H]2CN(Cc3ccccc3)C[C@H]2NC(=O)C2CCCC2)n[nH]1. The molecule has 0 radical (unpaired) electrons. The summed E-state index contributed by atoms with van der Waals surface area (Å²) < 4.78 is 0. The average molecular weight is 353 g/mol. The molecule has 1 aromatic carbocycles. The van der Waals surface area contributed by atoms with Crippen LogP contribution in [-0.4, -0.2) is 45.1 Å². The van der Waals surface area contributed by atoms with Crippen molar-refractivity contribution in [2.75, 3.05) is 13.1 Å². The molecule has 1 aliphatic carbocycles. The van der Waals surface area contributed by atoms with Gasteiger partial charge in [0.1, 0.15) is 5.82 Å². The summed E-state index contributed by atoms with van der Waals surface area (Å²) in [7, 11) is 0. The number of nitrogens with zero attached hydrogens (tertiary/aromatic N) is 3. The number of benzene rings is 1. The molecular formula is C20H27N5O. The molecule has 1 saturated heterocycles. The predicted molar refractivity (Wildman–Crippen MR) is 99.5 cm³/mol. The third kappa shape index (κ3) is 3.80. The van der Waals surface area contributed by atoms with E-state index in [9.17, 15) is 4.79 Å². The lowest BCUT2D eigenvalue weighted by molar-refractivity contribution is -0.125. The van der Waals surface area contributed by atoms with Crippen molar-refractivity contribution in [1.82, 2.24) is 25.4 Å². The lowest BCUT2D eigenvalue weighted by Gasteiger charge is -2.20. The number of hydrogen-bond donors (Lipinski definition) is 2. The summed E-state index contributed by atoms with van der Waals surface area (Å²) in [4.78, 5) is 19.6. The number of aromatic amines is 1. The quantitative estimate of drug-likeness (QED) is 0.866. The van der Waals surface area contributed by atoms with Gasteiger partial charge < -0.3 is 5.32 Å². The Bertz CT molecular complexity index is 738. The molecule has 2 fully saturated rings. The Morgan fingerprint density at radius 3 is 2.69 bits per heavy atom. The maximum absolute atomic E-state index is 12.7. The highest BCUT2D eigenvalue weighted by Crippen LogP contribution is 2.29. The fourth-order valence-corrected chi connectivity index (χ4v) is 4.28. The van der Waals surface area contributed by atoms with Gasteiger partial charge in [-0.3, -0.25) is 14.8 Å². The van der Waals surface area contributed by atoms with Gasteiger partial charge in [-0.15, -0.1) is 0 Å². The number of carbonyl (C=O) groups excluding carboxylic acids is 1. The Kier molecular flexibility index (Phi) is 5.02. The highest BCUT2D eigenvalue weighted by atomic mass is 16.2. The molecule has 6 nitrogen and oxygen atoms in total. The maximum atomic E-state index is 12.7. The summed E-state index contributed by atoms with van der Waals surface area (Å²) in [6.45, 7) is 4.50. The van der Waals surface area contributed by atoms with Crippen LogP contribution in [0.2, 0.25) is 0 Å². The van der Waals surface area contributed by atoms with Gasteiger partial charge in [-0.05, 0) is 25.3 Å². The van der Waals surface area contributed by atoms with E-state index in [0.717, 1.165) is 44.1 Å². The third-order valence-electron chi connectivity index (χ3n) is 5.64. The van der Waals surface area contributed by atoms with E-state index < -0.39 is 0 Å². The van der Waals surface area contributed by atoms with Gasteiger partial charge in [-0.25, -0.2) is 4.98 Å². The van der Waals surface area contributed by atoms with Crippen LogP contribution in [0.25, 0.3) is 0 Å². The molecule has 2 aromatic rings. The van der Waals surface area contributed by atoms with Crippen molar-refractivity contribution in [3.8, 4) is 0 Å². The number of rotatable bonds is 5. The summed E-state index contributed by atoms with van der Waals surface area (Å²) in [6.07, 6.45) is 4.40. The summed E-state index contributed by atoms with van der Waals surface area (Å²) in [5.74, 6) is 2.17. The van der Waals surface area contributed by atoms with Gasteiger partial charge in [0.05, 0.1) is 12.0 Å². The Hall–Kier alpha value is -2.21. The lowest BCUT2D eigenvalue weighted by atomic mass is 10.0. The molecule has 1 aromatic heterocycles. The van der Waals surface area contributed by atoms with Crippen LogP contribution < -0.4 is 5.32 Å². The van der Waals surface area contributed by atoms with E-state index in [1.54, 1.807) is 0 Å². The van der Waals surface area contributed by atoms with Crippen LogP contribution in [0.1, 0.15) is 48.8 Å². The van der Waals surface area contributed by atoms with E-state index in [1.165, 1.54) is 18.4 Å². The molecule has 6 heteroatoms. The normalized spacial score (nSPS) is 24.2. The highest BCUT2D eigenvalue weighted by molar-refractivity contribution is 5.79. The predicted octanol–water partition coefficient (Wildman–Crippen LogP) is 2.39. The fourth-order valence-electron chi connectivity index (χ4n) is 4.28. The standard InChI is InChI=1S/C20H27N5O/c1-14-21-19(24-23-14)17-12-25(11-15-7-3-2-4-8-15)13-18(17)22-20(26)16-9-5-6-10-16/h2-4,7-8,16-18H,5-6,9-13H2,1H3,(H,22,26)(H,21,23,24)/t17-,18-/m1/s1. The number of nitrogens with one attached hydrogen (secondary N) is 2. The first-order chi connectivity index (χ1) is 12.7. The molecule has 2 N–H and O–H groups in total. The Balaban J connectivity index is 1.48. The van der Waals surface area contributed by atoms with Gasteiger partial charge in [-0.1, -0.05) is 43.2 Å². The lowest BCUT2D eigenvalue weighted by Crippen LogP contribution is -2.42. The minimum Gasteiger partial charge on any atom is -0.351 e. The van der Waals surface area contributed by atoms with Crippen LogP contribution >= 0.6 is 0 Å². The van der Waals surface area contributed by atoms with Gasteiger partial charge in [0.25, 0.3) is 0 Å². The van der Waals surface area contributed by atoms with Gasteiger partial charge in [-0.2, -0.15) is 5.10 Å². The van der Waals surface area contributed by atoms with Crippen molar-refractivity contribution >= 4 is 5.91 Å². The number of hydrogen-bond acceptors (Lipinski definition) is 4. The van der Waals surface area contributed by atoms with Gasteiger partial charge in [0, 0.05) is 25.6 Å². The molecule has 1 aliphatic heterocycles. The molecule has 2 aliphatic rings. The summed E-state index contributed by atoms with van der Waals surface area (Å²) >= 11 is 0. The van der Waals surface area contributed by atoms with Crippen LogP contribution in [0.3, 0.4) is 0 Å². The van der Waals surface area contributed by atoms with Crippen LogP contribution in [0.4, 0.5) is 0 Å². The van der Waals surface area contributed by atoms with Crippen molar-refractivity contribution in [3.63, 3.8) is 0 Å². The van der Waals surface area contributed by atoms with E-state index in [4.69, 9.17) is 0 Å². The molecule has 2 heterocycles. The molecule has 138 valence electrons. The Labute approximate surface area is 154 Å². The van der Waals surface area contributed by atoms with Crippen molar-refractivity contribution in [2.24, 2.45) is 5.92 Å². The van der Waals surface area contributed by atoms with Crippen molar-refractivity contribution in [2.45, 2.75) is 51.1 Å². The zero-order valence-electron chi connectivity index (χ0n) is 15.3. The average Bonchev–Trinajstić information content (AvgIpc) is 3.37. The second-order valence-corrected chi connectivity index (χ2v) is 7.66. The minimum atomic E-state index is 0.0713. The first-order valence-electron chi connectivity index (χ1n) is 9.64. The van der Waals surface area contributed by atoms with E-state index in [0.29, 0.717) is 0 Å². The van der Waals surface area contributed by atoms with Crippen LogP contribution in [0.5, 0.6) is 0 Å². The number of likely N-dealkylation sites (tertiary alicyclic amines) is 1. The number of carbonyl (C=O) groups is 1. The molecule has 0 spiro atoms. The first kappa shape index (κ1) is 17.2. The van der Waals surface area contributed by atoms with Crippen molar-refractivity contribution in [1.29, 1.82) is 0 Å². The number of aryl methyl sites for hydroxylation is 1. The van der Waals surface area contributed by atoms with Crippen LogP contribution in [0, 0.1) is 12.8 Å². The molecule has 0 unspecified atom stereocenters. The van der Waals surface area contributed by atoms with E-state index in [-0.39, 0.29) is 23.8 Å². The van der Waals surface area contributed by atoms with Crippen molar-refractivity contribution < 1.29 is 4.79 Å². The summed E-state index contributed by atoms with van der Waals surface area (Å²) in [5.41, 5.74) is 1.29. The van der Waals surface area contributed by atoms with Gasteiger partial charge in [0.2, 0.25) is 5.91 Å². The molecule has 26 heavy (non-hydrogen) atoms. The topological polar surface area (TPSA) is 73.9 Å². The highest BCUT2D eigenvalue weighted by Gasteiger charge is 2.38. The van der Waals surface area contributed by atoms with Crippen LogP contribution in [-0.2, 0) is 11.3 Å². The molecule has 0 bridgehead atoms. The Morgan fingerprint density at radius 1 is 1.23 bits per heavy atom. The molecule has 2 atom stereocenters. The van der Waals surface area contributed by atoms with Crippen LogP contribution in [0.15, 0.2) is 30.3 Å². The van der Waals surface area contributed by atoms with Gasteiger partial charge in [0.15, 0.2) is 5.82 Å². The smallest absolute Gasteiger partial charge is 0.223 e. The monoisotopic (exact) mass is 353 g/mol. The maximum Gasteiger partial charge on any atom is 0.223 e. The number of H-pyrrole nitrogens is 1. The van der Waals surface area contributed by atoms with E-state index in [2.05, 4.69) is 49.7 Å². The zero-order valence-corrected chi connectivity index (χ0v) is 15.3. The number of aromatic nitrogens is 3. The molecule has 1 amide bonds. The number of amides is 1. The summed E-state index contributed by atoms with van der Waals surface area (Å²) in [6, 6.07) is 10.5. The molecular weight excluding hydrogens is 326 g/mol. The molecule has 4 rings (SSSR count).